The van der Waals surface area contributed by atoms with E-state index in [4.69, 9.17) is 14.2 Å². The number of hydrogen-bond acceptors (Lipinski definition) is 6. The molecule has 2 rings (SSSR count). The molecular weight excluding hydrogens is 276 g/mol. The molecule has 2 heterocycles. The molecule has 1 aromatic rings. The quantitative estimate of drug-likeness (QED) is 0.528. The summed E-state index contributed by atoms with van der Waals surface area (Å²) in [6.45, 7) is 3.06. The molecule has 0 aromatic carbocycles. The Balaban J connectivity index is 0.00000162. The summed E-state index contributed by atoms with van der Waals surface area (Å²) >= 11 is 0. The molecule has 0 bridgehead atoms. The molecule has 0 radical (unpaired) electrons. The molecule has 0 saturated carbocycles. The van der Waals surface area contributed by atoms with Gasteiger partial charge in [0.2, 0.25) is 0 Å². The standard InChI is InChI=1S/C10H17N4O3.ClH.H2O/c1-14(4-6-17-7-5-14)8-11-9(15-2)13-10(12-8)16-3;;/h4-7H2,1-3H3;1H;1H2/q+1;;/p-1. The van der Waals surface area contributed by atoms with Crippen molar-refractivity contribution in [3.8, 4) is 12.0 Å². The molecule has 0 aliphatic carbocycles. The molecule has 1 aromatic heterocycles. The summed E-state index contributed by atoms with van der Waals surface area (Å²) in [6.07, 6.45) is 0. The molecule has 1 aliphatic rings. The van der Waals surface area contributed by atoms with Gasteiger partial charge >= 0.3 is 18.0 Å². The van der Waals surface area contributed by atoms with Gasteiger partial charge in [-0.1, -0.05) is 0 Å². The maximum absolute atomic E-state index is 5.35. The Morgan fingerprint density at radius 3 is 1.89 bits per heavy atom. The molecule has 1 aliphatic heterocycles. The summed E-state index contributed by atoms with van der Waals surface area (Å²) in [6, 6.07) is 0.551. The van der Waals surface area contributed by atoms with E-state index in [0.717, 1.165) is 13.1 Å². The normalized spacial score (nSPS) is 16.8. The number of aromatic nitrogens is 3. The lowest BCUT2D eigenvalue weighted by Crippen LogP contribution is -3.00. The van der Waals surface area contributed by atoms with Crippen LogP contribution < -0.4 is 26.4 Å². The molecule has 0 spiro atoms. The second-order valence-corrected chi connectivity index (χ2v) is 4.06. The zero-order chi connectivity index (χ0) is 12.3. The van der Waals surface area contributed by atoms with E-state index < -0.39 is 0 Å². The van der Waals surface area contributed by atoms with Crippen LogP contribution in [0.3, 0.4) is 0 Å². The van der Waals surface area contributed by atoms with E-state index in [1.54, 1.807) is 0 Å². The summed E-state index contributed by atoms with van der Waals surface area (Å²) in [4.78, 5) is 12.6. The number of hydrogen-bond donors (Lipinski definition) is 0. The van der Waals surface area contributed by atoms with Crippen LogP contribution in [0, 0.1) is 0 Å². The lowest BCUT2D eigenvalue weighted by molar-refractivity contribution is -0.00000775. The van der Waals surface area contributed by atoms with Gasteiger partial charge in [0.15, 0.2) is 0 Å². The molecule has 0 amide bonds. The SMILES string of the molecule is COc1nc(OC)nc([N+]2(C)CCOCC2)n1.O.[Cl-]. The molecular formula is C10H19ClN4O4. The third-order valence-electron chi connectivity index (χ3n) is 2.89. The van der Waals surface area contributed by atoms with Crippen LogP contribution in [0.15, 0.2) is 0 Å². The predicted molar refractivity (Wildman–Crippen MR) is 64.8 cm³/mol. The first-order valence-electron chi connectivity index (χ1n) is 5.45. The van der Waals surface area contributed by atoms with Crippen LogP contribution in [0.2, 0.25) is 0 Å². The molecule has 0 unspecified atom stereocenters. The maximum atomic E-state index is 5.35. The van der Waals surface area contributed by atoms with E-state index in [1.165, 1.54) is 14.2 Å². The highest BCUT2D eigenvalue weighted by atomic mass is 35.5. The maximum Gasteiger partial charge on any atom is 0.338 e. The topological polar surface area (TPSA) is 97.9 Å². The molecule has 8 nitrogen and oxygen atoms in total. The minimum atomic E-state index is 0. The van der Waals surface area contributed by atoms with Gasteiger partial charge in [0.05, 0.1) is 34.5 Å². The number of rotatable bonds is 3. The van der Waals surface area contributed by atoms with Gasteiger partial charge in [-0.3, -0.25) is 4.48 Å². The fourth-order valence-electron chi connectivity index (χ4n) is 1.70. The first-order valence-corrected chi connectivity index (χ1v) is 5.45. The Morgan fingerprint density at radius 1 is 1.00 bits per heavy atom. The lowest BCUT2D eigenvalue weighted by Gasteiger charge is -2.34. The summed E-state index contributed by atoms with van der Waals surface area (Å²) in [5, 5.41) is 0. The Morgan fingerprint density at radius 2 is 1.47 bits per heavy atom. The fraction of sp³-hybridized carbons (Fsp3) is 0.700. The van der Waals surface area contributed by atoms with Crippen molar-refractivity contribution in [3.05, 3.63) is 0 Å². The van der Waals surface area contributed by atoms with Crippen molar-refractivity contribution in [2.75, 3.05) is 47.6 Å². The zero-order valence-corrected chi connectivity index (χ0v) is 12.0. The molecule has 9 heteroatoms. The smallest absolute Gasteiger partial charge is 0.338 e. The number of methoxy groups -OCH3 is 2. The summed E-state index contributed by atoms with van der Waals surface area (Å²) in [5.41, 5.74) is 0. The van der Waals surface area contributed by atoms with Crippen molar-refractivity contribution in [2.45, 2.75) is 0 Å². The van der Waals surface area contributed by atoms with E-state index in [1.807, 2.05) is 0 Å². The van der Waals surface area contributed by atoms with Crippen LogP contribution in [0.4, 0.5) is 5.95 Å². The second-order valence-electron chi connectivity index (χ2n) is 4.06. The highest BCUT2D eigenvalue weighted by molar-refractivity contribution is 5.27. The minimum absolute atomic E-state index is 0. The number of morpholine rings is 1. The Hall–Kier alpha value is -1.22. The molecule has 1 fully saturated rings. The Bertz CT molecular complexity index is 379. The van der Waals surface area contributed by atoms with Crippen LogP contribution in [0.5, 0.6) is 12.0 Å². The van der Waals surface area contributed by atoms with Crippen LogP contribution in [-0.2, 0) is 4.74 Å². The van der Waals surface area contributed by atoms with Crippen LogP contribution in [0.25, 0.3) is 0 Å². The van der Waals surface area contributed by atoms with E-state index in [9.17, 15) is 0 Å². The lowest BCUT2D eigenvalue weighted by atomic mass is 10.4. The Labute approximate surface area is 118 Å². The van der Waals surface area contributed by atoms with Crippen LogP contribution in [0.1, 0.15) is 0 Å². The van der Waals surface area contributed by atoms with Crippen molar-refractivity contribution < 1.29 is 32.1 Å². The zero-order valence-electron chi connectivity index (χ0n) is 11.2. The second kappa shape index (κ2) is 7.39. The summed E-state index contributed by atoms with van der Waals surface area (Å²) in [7, 11) is 5.12. The number of ether oxygens (including phenoxy) is 3. The van der Waals surface area contributed by atoms with Gasteiger partial charge in [-0.05, 0) is 0 Å². The third kappa shape index (κ3) is 3.87. The first-order chi connectivity index (χ1) is 8.18. The highest BCUT2D eigenvalue weighted by Crippen LogP contribution is 2.22. The van der Waals surface area contributed by atoms with Crippen LogP contribution >= 0.6 is 0 Å². The van der Waals surface area contributed by atoms with Gasteiger partial charge in [0, 0.05) is 0 Å². The van der Waals surface area contributed by atoms with Crippen LogP contribution in [-0.4, -0.2) is 68.0 Å². The number of nitrogens with zero attached hydrogens (tertiary/aromatic N) is 4. The van der Waals surface area contributed by atoms with Gasteiger partial charge in [-0.2, -0.15) is 0 Å². The van der Waals surface area contributed by atoms with E-state index in [2.05, 4.69) is 22.0 Å². The third-order valence-corrected chi connectivity index (χ3v) is 2.89. The minimum Gasteiger partial charge on any atom is -1.00 e. The molecule has 0 atom stereocenters. The van der Waals surface area contributed by atoms with Crippen molar-refractivity contribution in [2.24, 2.45) is 0 Å². The predicted octanol–water partition coefficient (Wildman–Crippen LogP) is -3.96. The van der Waals surface area contributed by atoms with E-state index in [0.29, 0.717) is 23.6 Å². The van der Waals surface area contributed by atoms with Crippen molar-refractivity contribution in [1.82, 2.24) is 19.4 Å². The van der Waals surface area contributed by atoms with Gasteiger partial charge < -0.3 is 32.1 Å². The van der Waals surface area contributed by atoms with Gasteiger partial charge in [-0.15, -0.1) is 15.0 Å². The average Bonchev–Trinajstić information content (AvgIpc) is 2.39. The molecule has 19 heavy (non-hydrogen) atoms. The number of likely N-dealkylation sites (N-methyl/N-ethyl adjacent to an activating group) is 1. The van der Waals surface area contributed by atoms with Crippen molar-refractivity contribution in [1.29, 1.82) is 0 Å². The highest BCUT2D eigenvalue weighted by Gasteiger charge is 2.32. The molecule has 2 N–H and O–H groups in total. The number of halogens is 1. The molecule has 110 valence electrons. The van der Waals surface area contributed by atoms with Crippen molar-refractivity contribution in [3.63, 3.8) is 0 Å². The first kappa shape index (κ1) is 17.8. The van der Waals surface area contributed by atoms with Gasteiger partial charge in [0.1, 0.15) is 13.1 Å². The fourth-order valence-corrected chi connectivity index (χ4v) is 1.70. The van der Waals surface area contributed by atoms with E-state index >= 15 is 0 Å². The van der Waals surface area contributed by atoms with Gasteiger partial charge in [-0.25, -0.2) is 0 Å². The monoisotopic (exact) mass is 294 g/mol. The number of quaternary nitrogens is 1. The summed E-state index contributed by atoms with van der Waals surface area (Å²) < 4.78 is 16.1. The van der Waals surface area contributed by atoms with Crippen molar-refractivity contribution >= 4 is 5.95 Å². The Kier molecular flexibility index (Phi) is 6.91. The van der Waals surface area contributed by atoms with E-state index in [-0.39, 0.29) is 29.9 Å². The molecule has 1 saturated heterocycles. The summed E-state index contributed by atoms with van der Waals surface area (Å²) in [5.74, 6) is 0.650. The largest absolute Gasteiger partial charge is 1.00 e. The average molecular weight is 295 g/mol. The van der Waals surface area contributed by atoms with Gasteiger partial charge in [0.25, 0.3) is 0 Å².